The summed E-state index contributed by atoms with van der Waals surface area (Å²) in [5.41, 5.74) is 0.791. The quantitative estimate of drug-likeness (QED) is 0.490. The highest BCUT2D eigenvalue weighted by molar-refractivity contribution is 7.27. The third kappa shape index (κ3) is 5.60. The minimum atomic E-state index is -0.445. The molecule has 0 aliphatic carbocycles. The molecule has 3 atom stereocenters. The minimum absolute atomic E-state index is 0.105. The average Bonchev–Trinajstić information content (AvgIpc) is 3.25. The summed E-state index contributed by atoms with van der Waals surface area (Å²) in [5.74, 6) is 1.62. The molecule has 0 saturated carbocycles. The van der Waals surface area contributed by atoms with E-state index in [1.807, 2.05) is 0 Å². The van der Waals surface area contributed by atoms with Gasteiger partial charge in [0.15, 0.2) is 23.0 Å². The van der Waals surface area contributed by atoms with Crippen LogP contribution in [0.2, 0.25) is 0 Å². The van der Waals surface area contributed by atoms with Gasteiger partial charge in [-0.05, 0) is 30.3 Å². The Morgan fingerprint density at radius 1 is 0.828 bits per heavy atom. The van der Waals surface area contributed by atoms with Gasteiger partial charge in [0, 0.05) is 0 Å². The second-order valence-corrected chi connectivity index (χ2v) is 6.22. The van der Waals surface area contributed by atoms with Crippen molar-refractivity contribution in [1.82, 2.24) is 0 Å². The van der Waals surface area contributed by atoms with Gasteiger partial charge in [-0.25, -0.2) is 9.59 Å². The molecule has 0 aromatic heterocycles. The second-order valence-electron chi connectivity index (χ2n) is 5.17. The fourth-order valence-corrected chi connectivity index (χ4v) is 3.13. The first-order valence-electron chi connectivity index (χ1n) is 7.83. The van der Waals surface area contributed by atoms with Gasteiger partial charge in [0.05, 0.1) is 51.4 Å². The molecule has 0 saturated heterocycles. The standard InChI is InChI=1S/C9H11O4P.C8H8O5P2/c1-11-8-5-6(9(10)12-2)3-4-7(8)13-14;1-10-8(9)4-2-5(11-14)7-6(3-4)12-15-13-7/h3-5H,14H2,1-2H3;2-3,15H,14H2,1H3. The Labute approximate surface area is 173 Å². The van der Waals surface area contributed by atoms with E-state index in [1.54, 1.807) is 24.3 Å². The number of benzene rings is 2. The zero-order valence-corrected chi connectivity index (χ0v) is 19.0. The molecule has 0 radical (unpaired) electrons. The van der Waals surface area contributed by atoms with Crippen LogP contribution in [0.3, 0.4) is 0 Å². The van der Waals surface area contributed by atoms with Crippen LogP contribution >= 0.6 is 28.0 Å². The van der Waals surface area contributed by atoms with Gasteiger partial charge >= 0.3 is 11.9 Å². The van der Waals surface area contributed by atoms with Gasteiger partial charge < -0.3 is 32.3 Å². The van der Waals surface area contributed by atoms with Gasteiger partial charge in [-0.3, -0.25) is 0 Å². The first kappa shape index (κ1) is 23.0. The van der Waals surface area contributed by atoms with Crippen LogP contribution in [0, 0.1) is 0 Å². The first-order chi connectivity index (χ1) is 14.0. The van der Waals surface area contributed by atoms with E-state index in [1.165, 1.54) is 27.4 Å². The molecule has 0 amide bonds. The van der Waals surface area contributed by atoms with Crippen molar-refractivity contribution in [3.63, 3.8) is 0 Å². The van der Waals surface area contributed by atoms with Crippen LogP contribution in [0.1, 0.15) is 20.7 Å². The molecular formula is C17H19O9P3. The number of carbonyl (C=O) groups is 2. The fourth-order valence-electron chi connectivity index (χ4n) is 2.19. The Morgan fingerprint density at radius 3 is 2.03 bits per heavy atom. The van der Waals surface area contributed by atoms with Crippen LogP contribution in [0.25, 0.3) is 0 Å². The van der Waals surface area contributed by atoms with Crippen LogP contribution in [0.5, 0.6) is 28.7 Å². The molecule has 2 aromatic carbocycles. The molecule has 1 aliphatic rings. The topological polar surface area (TPSA) is 98.8 Å². The highest BCUT2D eigenvalue weighted by atomic mass is 31.1. The SMILES string of the molecule is COC(=O)c1cc(OP)c2c(c1)OPO2.COC(=O)c1ccc(OP)c(OC)c1. The van der Waals surface area contributed by atoms with Crippen LogP contribution < -0.4 is 22.8 Å². The van der Waals surface area contributed by atoms with Crippen molar-refractivity contribution in [2.75, 3.05) is 21.3 Å². The van der Waals surface area contributed by atoms with E-state index in [0.29, 0.717) is 39.9 Å². The highest BCUT2D eigenvalue weighted by Gasteiger charge is 2.23. The molecule has 1 aliphatic heterocycles. The highest BCUT2D eigenvalue weighted by Crippen LogP contribution is 2.49. The molecule has 12 heteroatoms. The summed E-state index contributed by atoms with van der Waals surface area (Å²) in [6.45, 7) is 0. The van der Waals surface area contributed by atoms with Crippen molar-refractivity contribution in [2.45, 2.75) is 0 Å². The van der Waals surface area contributed by atoms with Gasteiger partial charge in [0.25, 0.3) is 9.03 Å². The molecule has 0 fully saturated rings. The van der Waals surface area contributed by atoms with Crippen molar-refractivity contribution in [2.24, 2.45) is 0 Å². The second kappa shape index (κ2) is 11.0. The van der Waals surface area contributed by atoms with E-state index in [0.717, 1.165) is 0 Å². The minimum Gasteiger partial charge on any atom is -0.493 e. The molecule has 3 unspecified atom stereocenters. The zero-order valence-electron chi connectivity index (χ0n) is 15.7. The monoisotopic (exact) mass is 460 g/mol. The number of fused-ring (bicyclic) bond motifs is 1. The molecule has 156 valence electrons. The number of hydrogen-bond donors (Lipinski definition) is 0. The van der Waals surface area contributed by atoms with Crippen molar-refractivity contribution in [3.05, 3.63) is 41.5 Å². The summed E-state index contributed by atoms with van der Waals surface area (Å²) < 4.78 is 34.5. The number of ether oxygens (including phenoxy) is 3. The van der Waals surface area contributed by atoms with Gasteiger partial charge in [0.1, 0.15) is 0 Å². The largest absolute Gasteiger partial charge is 0.493 e. The lowest BCUT2D eigenvalue weighted by atomic mass is 10.2. The molecule has 2 aromatic rings. The van der Waals surface area contributed by atoms with E-state index >= 15 is 0 Å². The van der Waals surface area contributed by atoms with Crippen molar-refractivity contribution in [3.8, 4) is 28.7 Å². The lowest BCUT2D eigenvalue weighted by molar-refractivity contribution is 0.0591. The summed E-state index contributed by atoms with van der Waals surface area (Å²) in [6, 6.07) is 7.90. The smallest absolute Gasteiger partial charge is 0.338 e. The van der Waals surface area contributed by atoms with Crippen molar-refractivity contribution in [1.29, 1.82) is 0 Å². The van der Waals surface area contributed by atoms with E-state index in [4.69, 9.17) is 22.8 Å². The van der Waals surface area contributed by atoms with Crippen LogP contribution in [-0.2, 0) is 9.47 Å². The maximum Gasteiger partial charge on any atom is 0.338 e. The number of methoxy groups -OCH3 is 3. The molecule has 0 bridgehead atoms. The molecule has 9 nitrogen and oxygen atoms in total. The zero-order chi connectivity index (χ0) is 21.4. The maximum absolute atomic E-state index is 11.3. The Hall–Kier alpha value is -2.33. The third-order valence-electron chi connectivity index (χ3n) is 3.58. The summed E-state index contributed by atoms with van der Waals surface area (Å²) in [6.07, 6.45) is 0. The Morgan fingerprint density at radius 2 is 1.45 bits per heavy atom. The Bertz CT molecular complexity index is 889. The van der Waals surface area contributed by atoms with Crippen molar-refractivity contribution < 1.29 is 41.9 Å². The first-order valence-corrected chi connectivity index (χ1v) is 9.59. The summed E-state index contributed by atoms with van der Waals surface area (Å²) in [4.78, 5) is 22.5. The molecule has 0 N–H and O–H groups in total. The molecule has 0 spiro atoms. The van der Waals surface area contributed by atoms with Crippen molar-refractivity contribution >= 4 is 39.9 Å². The lowest BCUT2D eigenvalue weighted by Gasteiger charge is -2.07. The van der Waals surface area contributed by atoms with E-state index in [-0.39, 0.29) is 9.03 Å². The Balaban J connectivity index is 0.000000208. The number of carbonyl (C=O) groups excluding carboxylic acids is 2. The third-order valence-corrected chi connectivity index (χ3v) is 4.67. The predicted octanol–water partition coefficient (Wildman–Crippen LogP) is 3.57. The number of rotatable bonds is 5. The van der Waals surface area contributed by atoms with Crippen LogP contribution in [0.4, 0.5) is 0 Å². The van der Waals surface area contributed by atoms with Crippen LogP contribution in [0.15, 0.2) is 30.3 Å². The lowest BCUT2D eigenvalue weighted by Crippen LogP contribution is -2.01. The summed E-state index contributed by atoms with van der Waals surface area (Å²) in [5, 5.41) is 0. The van der Waals surface area contributed by atoms with E-state index < -0.39 is 11.9 Å². The normalized spacial score (nSPS) is 11.8. The summed E-state index contributed by atoms with van der Waals surface area (Å²) >= 11 is 0. The van der Waals surface area contributed by atoms with Gasteiger partial charge in [-0.2, -0.15) is 0 Å². The summed E-state index contributed by atoms with van der Waals surface area (Å²) in [7, 11) is 8.25. The molecule has 1 heterocycles. The molecule has 29 heavy (non-hydrogen) atoms. The van der Waals surface area contributed by atoms with Gasteiger partial charge in [0.2, 0.25) is 5.75 Å². The number of hydrogen-bond acceptors (Lipinski definition) is 9. The number of esters is 2. The van der Waals surface area contributed by atoms with Gasteiger partial charge in [-0.15, -0.1) is 0 Å². The molecule has 3 rings (SSSR count). The maximum atomic E-state index is 11.3. The fraction of sp³-hybridized carbons (Fsp3) is 0.176. The van der Waals surface area contributed by atoms with E-state index in [2.05, 4.69) is 28.4 Å². The van der Waals surface area contributed by atoms with Gasteiger partial charge in [-0.1, -0.05) is 0 Å². The Kier molecular flexibility index (Phi) is 8.71. The molecular weight excluding hydrogens is 441 g/mol. The van der Waals surface area contributed by atoms with Crippen LogP contribution in [-0.4, -0.2) is 33.3 Å². The average molecular weight is 460 g/mol. The van der Waals surface area contributed by atoms with E-state index in [9.17, 15) is 9.59 Å². The predicted molar refractivity (Wildman–Crippen MR) is 112 cm³/mol.